The highest BCUT2D eigenvalue weighted by Gasteiger charge is 2.21. The average Bonchev–Trinajstić information content (AvgIpc) is 3.30. The number of nitrogens with zero attached hydrogens (tertiary/aromatic N) is 1. The largest absolute Gasteiger partial charge is 0.465 e. The van der Waals surface area contributed by atoms with Crippen LogP contribution in [0.2, 0.25) is 0 Å². The number of rotatable bonds is 6. The summed E-state index contributed by atoms with van der Waals surface area (Å²) < 4.78 is 9.67. The monoisotopic (exact) mass is 359 g/mol. The summed E-state index contributed by atoms with van der Waals surface area (Å²) >= 11 is 0. The van der Waals surface area contributed by atoms with E-state index in [0.29, 0.717) is 17.7 Å². The number of aromatic nitrogens is 1. The van der Waals surface area contributed by atoms with Crippen LogP contribution in [0.5, 0.6) is 0 Å². The lowest BCUT2D eigenvalue weighted by atomic mass is 10.0. The van der Waals surface area contributed by atoms with Crippen molar-refractivity contribution in [3.8, 4) is 11.1 Å². The van der Waals surface area contributed by atoms with Gasteiger partial charge in [0.05, 0.1) is 12.8 Å². The fraction of sp³-hybridized carbons (Fsp3) is 0.217. The van der Waals surface area contributed by atoms with Crippen molar-refractivity contribution in [1.29, 1.82) is 0 Å². The van der Waals surface area contributed by atoms with Crippen LogP contribution >= 0.6 is 0 Å². The van der Waals surface area contributed by atoms with E-state index < -0.39 is 5.97 Å². The van der Waals surface area contributed by atoms with Crippen LogP contribution in [0.15, 0.2) is 65.4 Å². The third-order valence-corrected chi connectivity index (χ3v) is 4.99. The molecule has 4 rings (SSSR count). The second kappa shape index (κ2) is 7.62. The Balaban J connectivity index is 1.43. The molecule has 0 atom stereocenters. The number of fused-ring (bicyclic) bond motifs is 3. The maximum absolute atomic E-state index is 11.7. The number of carbonyl (C=O) groups excluding carboxylic acids is 1. The van der Waals surface area contributed by atoms with E-state index >= 15 is 0 Å². The maximum Gasteiger partial charge on any atom is 0.343 e. The van der Waals surface area contributed by atoms with Gasteiger partial charge in [0.2, 0.25) is 0 Å². The topological polar surface area (TPSA) is 52.3 Å². The third-order valence-electron chi connectivity index (χ3n) is 4.99. The molecule has 0 unspecified atom stereocenters. The molecule has 3 aromatic rings. The first-order chi connectivity index (χ1) is 13.3. The van der Waals surface area contributed by atoms with E-state index in [1.165, 1.54) is 41.2 Å². The second-order valence-corrected chi connectivity index (χ2v) is 6.62. The summed E-state index contributed by atoms with van der Waals surface area (Å²) in [6.07, 6.45) is 7.32. The molecule has 4 heteroatoms. The number of carbonyl (C=O) groups is 1. The van der Waals surface area contributed by atoms with E-state index in [2.05, 4.69) is 59.8 Å². The molecule has 0 aliphatic heterocycles. The number of aryl methyl sites for hydroxylation is 1. The smallest absolute Gasteiger partial charge is 0.343 e. The molecule has 0 amide bonds. The van der Waals surface area contributed by atoms with Gasteiger partial charge in [-0.05, 0) is 53.5 Å². The van der Waals surface area contributed by atoms with Crippen molar-refractivity contribution in [2.45, 2.75) is 25.7 Å². The average molecular weight is 359 g/mol. The van der Waals surface area contributed by atoms with Crippen molar-refractivity contribution < 1.29 is 14.1 Å². The number of unbranched alkanes of at least 4 members (excludes halogenated alkanes) is 2. The van der Waals surface area contributed by atoms with Crippen LogP contribution in [0, 0.1) is 0 Å². The highest BCUT2D eigenvalue weighted by Crippen LogP contribution is 2.44. The summed E-state index contributed by atoms with van der Waals surface area (Å²) in [6.45, 7) is 0. The first kappa shape index (κ1) is 17.3. The Kier molecular flexibility index (Phi) is 4.88. The molecule has 0 saturated heterocycles. The van der Waals surface area contributed by atoms with Gasteiger partial charge < -0.3 is 9.26 Å². The SMILES string of the molecule is COC(=O)c1conc1CCCCC=C1c2ccccc2-c2ccccc21. The Morgan fingerprint density at radius 2 is 1.63 bits per heavy atom. The van der Waals surface area contributed by atoms with Crippen molar-refractivity contribution >= 4 is 11.5 Å². The van der Waals surface area contributed by atoms with Crippen LogP contribution in [-0.4, -0.2) is 18.2 Å². The highest BCUT2D eigenvalue weighted by atomic mass is 16.5. The number of esters is 1. The molecule has 0 saturated carbocycles. The normalized spacial score (nSPS) is 11.8. The molecule has 0 bridgehead atoms. The number of methoxy groups -OCH3 is 1. The van der Waals surface area contributed by atoms with Gasteiger partial charge in [0.1, 0.15) is 11.8 Å². The molecule has 136 valence electrons. The van der Waals surface area contributed by atoms with Crippen LogP contribution in [-0.2, 0) is 11.2 Å². The minimum Gasteiger partial charge on any atom is -0.465 e. The van der Waals surface area contributed by atoms with Crippen LogP contribution in [0.25, 0.3) is 16.7 Å². The fourth-order valence-electron chi connectivity index (χ4n) is 3.67. The van der Waals surface area contributed by atoms with Crippen LogP contribution < -0.4 is 0 Å². The van der Waals surface area contributed by atoms with Crippen molar-refractivity contribution in [3.63, 3.8) is 0 Å². The van der Waals surface area contributed by atoms with E-state index in [-0.39, 0.29) is 0 Å². The summed E-state index contributed by atoms with van der Waals surface area (Å²) in [5, 5.41) is 3.93. The number of benzene rings is 2. The number of hydrogen-bond donors (Lipinski definition) is 0. The Hall–Kier alpha value is -3.14. The minimum atomic E-state index is -0.396. The first-order valence-electron chi connectivity index (χ1n) is 9.20. The van der Waals surface area contributed by atoms with Gasteiger partial charge in [-0.3, -0.25) is 0 Å². The van der Waals surface area contributed by atoms with E-state index in [9.17, 15) is 4.79 Å². The van der Waals surface area contributed by atoms with E-state index in [4.69, 9.17) is 9.26 Å². The number of hydrogen-bond acceptors (Lipinski definition) is 4. The third kappa shape index (κ3) is 3.31. The highest BCUT2D eigenvalue weighted by molar-refractivity contribution is 6.01. The Labute approximate surface area is 158 Å². The molecular weight excluding hydrogens is 338 g/mol. The Bertz CT molecular complexity index is 953. The van der Waals surface area contributed by atoms with Gasteiger partial charge in [0.25, 0.3) is 0 Å². The predicted molar refractivity (Wildman–Crippen MR) is 104 cm³/mol. The summed E-state index contributed by atoms with van der Waals surface area (Å²) in [7, 11) is 1.36. The van der Waals surface area contributed by atoms with E-state index in [1.54, 1.807) is 0 Å². The molecule has 0 radical (unpaired) electrons. The standard InChI is InChI=1S/C23H21NO3/c1-26-23(25)21-15-27-24-22(21)14-4-2-3-9-16-17-10-5-7-12-19(17)20-13-8-6-11-18(16)20/h5-13,15H,2-4,14H2,1H3. The van der Waals surface area contributed by atoms with Gasteiger partial charge in [-0.15, -0.1) is 0 Å². The molecule has 1 aliphatic carbocycles. The maximum atomic E-state index is 11.7. The van der Waals surface area contributed by atoms with Crippen LogP contribution in [0.3, 0.4) is 0 Å². The van der Waals surface area contributed by atoms with E-state index in [0.717, 1.165) is 19.3 Å². The molecule has 1 heterocycles. The van der Waals surface area contributed by atoms with Crippen molar-refractivity contribution in [3.05, 3.63) is 83.3 Å². The predicted octanol–water partition coefficient (Wildman–Crippen LogP) is 5.29. The Morgan fingerprint density at radius 1 is 1.00 bits per heavy atom. The zero-order valence-corrected chi connectivity index (χ0v) is 15.3. The lowest BCUT2D eigenvalue weighted by Gasteiger charge is -2.03. The molecule has 4 nitrogen and oxygen atoms in total. The van der Waals surface area contributed by atoms with Gasteiger partial charge in [-0.2, -0.15) is 0 Å². The lowest BCUT2D eigenvalue weighted by molar-refractivity contribution is 0.0599. The molecule has 2 aromatic carbocycles. The molecule has 0 spiro atoms. The molecular formula is C23H21NO3. The molecule has 0 N–H and O–H groups in total. The van der Waals surface area contributed by atoms with Crippen LogP contribution in [0.4, 0.5) is 0 Å². The Morgan fingerprint density at radius 3 is 2.26 bits per heavy atom. The minimum absolute atomic E-state index is 0.396. The van der Waals surface area contributed by atoms with Gasteiger partial charge in [0.15, 0.2) is 0 Å². The summed E-state index contributed by atoms with van der Waals surface area (Å²) in [4.78, 5) is 11.7. The number of allylic oxidation sites excluding steroid dienone is 1. The molecule has 0 fully saturated rings. The summed E-state index contributed by atoms with van der Waals surface area (Å²) in [5.41, 5.74) is 7.65. The van der Waals surface area contributed by atoms with Crippen molar-refractivity contribution in [1.82, 2.24) is 5.16 Å². The summed E-state index contributed by atoms with van der Waals surface area (Å²) in [6, 6.07) is 17.1. The quantitative estimate of drug-likeness (QED) is 0.347. The van der Waals surface area contributed by atoms with Gasteiger partial charge in [-0.1, -0.05) is 59.8 Å². The van der Waals surface area contributed by atoms with Gasteiger partial charge >= 0.3 is 5.97 Å². The number of ether oxygens (including phenoxy) is 1. The van der Waals surface area contributed by atoms with Crippen LogP contribution in [0.1, 0.15) is 46.4 Å². The fourth-order valence-corrected chi connectivity index (χ4v) is 3.67. The molecule has 27 heavy (non-hydrogen) atoms. The first-order valence-corrected chi connectivity index (χ1v) is 9.20. The van der Waals surface area contributed by atoms with Gasteiger partial charge in [0, 0.05) is 0 Å². The van der Waals surface area contributed by atoms with Crippen molar-refractivity contribution in [2.75, 3.05) is 7.11 Å². The zero-order chi connectivity index (χ0) is 18.6. The lowest BCUT2D eigenvalue weighted by Crippen LogP contribution is -2.03. The molecule has 1 aromatic heterocycles. The molecule has 1 aliphatic rings. The zero-order valence-electron chi connectivity index (χ0n) is 15.3. The van der Waals surface area contributed by atoms with Gasteiger partial charge in [-0.25, -0.2) is 4.79 Å². The van der Waals surface area contributed by atoms with E-state index in [1.807, 2.05) is 0 Å². The summed E-state index contributed by atoms with van der Waals surface area (Å²) in [5.74, 6) is -0.396. The second-order valence-electron chi connectivity index (χ2n) is 6.62. The van der Waals surface area contributed by atoms with Crippen molar-refractivity contribution in [2.24, 2.45) is 0 Å².